The number of likely N-dealkylation sites (N-methyl/N-ethyl adjacent to an activating group) is 1. The normalized spacial score (nSPS) is 21.9. The van der Waals surface area contributed by atoms with E-state index in [4.69, 9.17) is 4.74 Å². The van der Waals surface area contributed by atoms with E-state index in [1.54, 1.807) is 0 Å². The molecule has 21 heavy (non-hydrogen) atoms. The summed E-state index contributed by atoms with van der Waals surface area (Å²) in [5.41, 5.74) is 1.02. The van der Waals surface area contributed by atoms with E-state index in [1.807, 2.05) is 37.4 Å². The Bertz CT molecular complexity index is 416. The van der Waals surface area contributed by atoms with Crippen molar-refractivity contribution in [3.63, 3.8) is 0 Å². The molecule has 1 unspecified atom stereocenters. The zero-order chi connectivity index (χ0) is 15.3. The molecule has 2 N–H and O–H groups in total. The lowest BCUT2D eigenvalue weighted by Gasteiger charge is -2.37. The largest absolute Gasteiger partial charge is 0.394 e. The van der Waals surface area contributed by atoms with Gasteiger partial charge >= 0.3 is 0 Å². The number of rotatable bonds is 6. The molecule has 0 amide bonds. The molecule has 3 heteroatoms. The summed E-state index contributed by atoms with van der Waals surface area (Å²) >= 11 is 0. The predicted octanol–water partition coefficient (Wildman–Crippen LogP) is 3.08. The molecule has 1 fully saturated rings. The quantitative estimate of drug-likeness (QED) is 0.846. The van der Waals surface area contributed by atoms with Gasteiger partial charge in [-0.2, -0.15) is 0 Å². The van der Waals surface area contributed by atoms with Crippen LogP contribution in [0.2, 0.25) is 0 Å². The summed E-state index contributed by atoms with van der Waals surface area (Å²) in [6.45, 7) is 5.21. The van der Waals surface area contributed by atoms with Crippen LogP contribution in [0.15, 0.2) is 30.3 Å². The van der Waals surface area contributed by atoms with Gasteiger partial charge in [-0.05, 0) is 43.7 Å². The standard InChI is InChI=1S/C18H29NO2/c1-17(2)11-9-16(10-12-17)21-14-18(13-20,19-3)15-7-5-4-6-8-15/h4-8,16,19-20H,9-14H2,1-3H3. The second kappa shape index (κ2) is 6.91. The topological polar surface area (TPSA) is 41.5 Å². The Labute approximate surface area is 128 Å². The molecule has 118 valence electrons. The van der Waals surface area contributed by atoms with Gasteiger partial charge in [-0.3, -0.25) is 0 Å². The molecule has 2 rings (SSSR count). The van der Waals surface area contributed by atoms with Crippen molar-refractivity contribution in [3.05, 3.63) is 35.9 Å². The summed E-state index contributed by atoms with van der Waals surface area (Å²) in [6.07, 6.45) is 4.99. The molecule has 0 spiro atoms. The van der Waals surface area contributed by atoms with Crippen LogP contribution in [0.3, 0.4) is 0 Å². The fourth-order valence-electron chi connectivity index (χ4n) is 3.07. The van der Waals surface area contributed by atoms with Crippen LogP contribution in [-0.2, 0) is 10.3 Å². The first kappa shape index (κ1) is 16.5. The zero-order valence-electron chi connectivity index (χ0n) is 13.6. The monoisotopic (exact) mass is 291 g/mol. The summed E-state index contributed by atoms with van der Waals surface area (Å²) < 4.78 is 6.16. The maximum atomic E-state index is 9.90. The summed E-state index contributed by atoms with van der Waals surface area (Å²) in [6, 6.07) is 10.1. The Morgan fingerprint density at radius 1 is 1.24 bits per heavy atom. The van der Waals surface area contributed by atoms with Crippen LogP contribution in [0.1, 0.15) is 45.1 Å². The van der Waals surface area contributed by atoms with Crippen LogP contribution in [0.4, 0.5) is 0 Å². The van der Waals surface area contributed by atoms with Crippen molar-refractivity contribution >= 4 is 0 Å². The lowest BCUT2D eigenvalue weighted by atomic mass is 9.76. The third kappa shape index (κ3) is 4.06. The number of aliphatic hydroxyl groups excluding tert-OH is 1. The van der Waals surface area contributed by atoms with E-state index >= 15 is 0 Å². The van der Waals surface area contributed by atoms with Crippen molar-refractivity contribution in [2.45, 2.75) is 51.2 Å². The van der Waals surface area contributed by atoms with Gasteiger partial charge in [-0.1, -0.05) is 44.2 Å². The molecule has 0 bridgehead atoms. The Hall–Kier alpha value is -0.900. The molecule has 3 nitrogen and oxygen atoms in total. The zero-order valence-corrected chi connectivity index (χ0v) is 13.6. The average Bonchev–Trinajstić information content (AvgIpc) is 2.51. The first-order chi connectivity index (χ1) is 10.0. The molecule has 1 aliphatic rings. The molecule has 0 radical (unpaired) electrons. The third-order valence-electron chi connectivity index (χ3n) is 4.93. The molecule has 1 atom stereocenters. The van der Waals surface area contributed by atoms with Crippen LogP contribution in [0.5, 0.6) is 0 Å². The maximum absolute atomic E-state index is 9.90. The first-order valence-corrected chi connectivity index (χ1v) is 7.98. The number of benzene rings is 1. The molecule has 0 heterocycles. The van der Waals surface area contributed by atoms with Crippen LogP contribution >= 0.6 is 0 Å². The smallest absolute Gasteiger partial charge is 0.0903 e. The number of aliphatic hydroxyl groups is 1. The summed E-state index contributed by atoms with van der Waals surface area (Å²) in [7, 11) is 1.89. The van der Waals surface area contributed by atoms with E-state index in [2.05, 4.69) is 19.2 Å². The molecule has 1 aromatic carbocycles. The van der Waals surface area contributed by atoms with Crippen molar-refractivity contribution in [2.24, 2.45) is 5.41 Å². The van der Waals surface area contributed by atoms with Crippen LogP contribution < -0.4 is 5.32 Å². The summed E-state index contributed by atoms with van der Waals surface area (Å²) in [5, 5.41) is 13.2. The first-order valence-electron chi connectivity index (χ1n) is 7.98. The van der Waals surface area contributed by atoms with Gasteiger partial charge in [0, 0.05) is 0 Å². The van der Waals surface area contributed by atoms with Gasteiger partial charge < -0.3 is 15.2 Å². The van der Waals surface area contributed by atoms with E-state index in [9.17, 15) is 5.11 Å². The second-order valence-corrected chi connectivity index (χ2v) is 7.03. The van der Waals surface area contributed by atoms with Gasteiger partial charge in [0.2, 0.25) is 0 Å². The van der Waals surface area contributed by atoms with Crippen molar-refractivity contribution in [1.82, 2.24) is 5.32 Å². The summed E-state index contributed by atoms with van der Waals surface area (Å²) in [4.78, 5) is 0. The number of hydrogen-bond donors (Lipinski definition) is 2. The highest BCUT2D eigenvalue weighted by molar-refractivity contribution is 5.24. The molecule has 0 aliphatic heterocycles. The van der Waals surface area contributed by atoms with Crippen LogP contribution in [-0.4, -0.2) is 31.5 Å². The van der Waals surface area contributed by atoms with Crippen LogP contribution in [0, 0.1) is 5.41 Å². The Balaban J connectivity index is 1.98. The van der Waals surface area contributed by atoms with Gasteiger partial charge in [-0.25, -0.2) is 0 Å². The third-order valence-corrected chi connectivity index (χ3v) is 4.93. The van der Waals surface area contributed by atoms with Crippen molar-refractivity contribution in [1.29, 1.82) is 0 Å². The maximum Gasteiger partial charge on any atom is 0.0903 e. The van der Waals surface area contributed by atoms with Crippen LogP contribution in [0.25, 0.3) is 0 Å². The second-order valence-electron chi connectivity index (χ2n) is 7.03. The fraction of sp³-hybridized carbons (Fsp3) is 0.667. The molecular formula is C18H29NO2. The molecule has 1 saturated carbocycles. The highest BCUT2D eigenvalue weighted by Crippen LogP contribution is 2.36. The predicted molar refractivity (Wildman–Crippen MR) is 86.3 cm³/mol. The number of hydrogen-bond acceptors (Lipinski definition) is 3. The average molecular weight is 291 g/mol. The minimum absolute atomic E-state index is 0.0335. The van der Waals surface area contributed by atoms with E-state index in [1.165, 1.54) is 12.8 Å². The van der Waals surface area contributed by atoms with E-state index < -0.39 is 5.54 Å². The molecule has 1 aromatic rings. The van der Waals surface area contributed by atoms with Gasteiger partial charge in [0.15, 0.2) is 0 Å². The lowest BCUT2D eigenvalue weighted by Crippen LogP contribution is -2.48. The lowest BCUT2D eigenvalue weighted by molar-refractivity contribution is -0.0377. The highest BCUT2D eigenvalue weighted by Gasteiger charge is 2.33. The fourth-order valence-corrected chi connectivity index (χ4v) is 3.07. The number of nitrogens with one attached hydrogen (secondary N) is 1. The number of ether oxygens (including phenoxy) is 1. The highest BCUT2D eigenvalue weighted by atomic mass is 16.5. The molecule has 0 saturated heterocycles. The van der Waals surface area contributed by atoms with Crippen molar-refractivity contribution < 1.29 is 9.84 Å². The van der Waals surface area contributed by atoms with Gasteiger partial charge in [0.25, 0.3) is 0 Å². The SMILES string of the molecule is CNC(CO)(COC1CCC(C)(C)CC1)c1ccccc1. The molecule has 0 aromatic heterocycles. The van der Waals surface area contributed by atoms with Crippen molar-refractivity contribution in [3.8, 4) is 0 Å². The van der Waals surface area contributed by atoms with Gasteiger partial charge in [0.05, 0.1) is 24.9 Å². The Kier molecular flexibility index (Phi) is 5.42. The Morgan fingerprint density at radius 3 is 2.38 bits per heavy atom. The summed E-state index contributed by atoms with van der Waals surface area (Å²) in [5.74, 6) is 0. The van der Waals surface area contributed by atoms with Crippen molar-refractivity contribution in [2.75, 3.05) is 20.3 Å². The molecular weight excluding hydrogens is 262 g/mol. The van der Waals surface area contributed by atoms with E-state index in [0.717, 1.165) is 18.4 Å². The molecule has 1 aliphatic carbocycles. The van der Waals surface area contributed by atoms with E-state index in [-0.39, 0.29) is 6.61 Å². The van der Waals surface area contributed by atoms with Gasteiger partial charge in [0.1, 0.15) is 0 Å². The van der Waals surface area contributed by atoms with Gasteiger partial charge in [-0.15, -0.1) is 0 Å². The minimum Gasteiger partial charge on any atom is -0.394 e. The van der Waals surface area contributed by atoms with E-state index in [0.29, 0.717) is 18.1 Å². The minimum atomic E-state index is -0.506. The Morgan fingerprint density at radius 2 is 1.86 bits per heavy atom.